The molecular weight excluding hydrogens is 148 g/mol. The van der Waals surface area contributed by atoms with Crippen molar-refractivity contribution in [2.45, 2.75) is 0 Å². The van der Waals surface area contributed by atoms with Gasteiger partial charge < -0.3 is 4.57 Å². The molecule has 0 radical (unpaired) electrons. The second-order valence-electron chi connectivity index (χ2n) is 2.79. The Hall–Kier alpha value is -1.57. The zero-order valence-electron chi connectivity index (χ0n) is 6.94. The minimum atomic E-state index is 1.13. The Morgan fingerprint density at radius 3 is 2.67 bits per heavy atom. The van der Waals surface area contributed by atoms with E-state index in [1.54, 1.807) is 6.33 Å². The van der Waals surface area contributed by atoms with Crippen molar-refractivity contribution in [1.82, 2.24) is 9.55 Å². The van der Waals surface area contributed by atoms with Gasteiger partial charge in [-0.15, -0.1) is 0 Å². The summed E-state index contributed by atoms with van der Waals surface area (Å²) in [6, 6.07) is 0. The number of nitrogens with zero attached hydrogens (tertiary/aromatic N) is 2. The van der Waals surface area contributed by atoms with E-state index in [4.69, 9.17) is 0 Å². The minimum absolute atomic E-state index is 1.13. The molecule has 1 aliphatic rings. The highest BCUT2D eigenvalue weighted by atomic mass is 15.0. The highest BCUT2D eigenvalue weighted by Gasteiger charge is 1.95. The number of aryl methyl sites for hydroxylation is 1. The monoisotopic (exact) mass is 158 g/mol. The molecule has 2 rings (SSSR count). The lowest BCUT2D eigenvalue weighted by atomic mass is 10.2. The largest absolute Gasteiger partial charge is 0.334 e. The Morgan fingerprint density at radius 1 is 1.33 bits per heavy atom. The molecule has 0 unspecified atom stereocenters. The summed E-state index contributed by atoms with van der Waals surface area (Å²) < 4.78 is 1.99. The standard InChI is InChI=1S/C10H10N2/c1-12-8-11-7-10(12)6-9-4-2-3-5-9/h2-8H,1H3. The summed E-state index contributed by atoms with van der Waals surface area (Å²) in [7, 11) is 1.99. The second-order valence-corrected chi connectivity index (χ2v) is 2.79. The van der Waals surface area contributed by atoms with Crippen LogP contribution in [0.3, 0.4) is 0 Å². The summed E-state index contributed by atoms with van der Waals surface area (Å²) in [5.41, 5.74) is 2.35. The average Bonchev–Trinajstić information content (AvgIpc) is 2.65. The van der Waals surface area contributed by atoms with Gasteiger partial charge >= 0.3 is 0 Å². The third-order valence-corrected chi connectivity index (χ3v) is 1.86. The van der Waals surface area contributed by atoms with Crippen LogP contribution in [0, 0.1) is 0 Å². The quantitative estimate of drug-likeness (QED) is 0.610. The molecule has 1 aromatic rings. The number of aromatic nitrogens is 2. The van der Waals surface area contributed by atoms with Crippen LogP contribution in [0.5, 0.6) is 0 Å². The van der Waals surface area contributed by atoms with Crippen molar-refractivity contribution in [1.29, 1.82) is 0 Å². The van der Waals surface area contributed by atoms with Gasteiger partial charge in [0.25, 0.3) is 0 Å². The lowest BCUT2D eigenvalue weighted by molar-refractivity contribution is 0.902. The van der Waals surface area contributed by atoms with E-state index in [0.29, 0.717) is 0 Å². The maximum atomic E-state index is 4.03. The van der Waals surface area contributed by atoms with Crippen LogP contribution in [-0.2, 0) is 7.05 Å². The van der Waals surface area contributed by atoms with E-state index in [9.17, 15) is 0 Å². The average molecular weight is 158 g/mol. The SMILES string of the molecule is Cn1cncc1C=C1C=CC=C1. The summed E-state index contributed by atoms with van der Waals surface area (Å²) in [6.45, 7) is 0. The molecule has 0 N–H and O–H groups in total. The molecule has 60 valence electrons. The van der Waals surface area contributed by atoms with Crippen molar-refractivity contribution in [3.05, 3.63) is 48.1 Å². The molecule has 0 saturated carbocycles. The van der Waals surface area contributed by atoms with E-state index in [1.807, 2.05) is 30.0 Å². The van der Waals surface area contributed by atoms with Crippen LogP contribution in [0.15, 0.2) is 42.4 Å². The van der Waals surface area contributed by atoms with E-state index < -0.39 is 0 Å². The Balaban J connectivity index is 2.34. The molecule has 2 nitrogen and oxygen atoms in total. The van der Waals surface area contributed by atoms with Crippen LogP contribution in [0.2, 0.25) is 0 Å². The van der Waals surface area contributed by atoms with Gasteiger partial charge in [0.15, 0.2) is 0 Å². The zero-order valence-corrected chi connectivity index (χ0v) is 6.94. The third kappa shape index (κ3) is 1.23. The van der Waals surface area contributed by atoms with Gasteiger partial charge in [0.1, 0.15) is 0 Å². The maximum Gasteiger partial charge on any atom is 0.0948 e. The predicted molar refractivity (Wildman–Crippen MR) is 49.5 cm³/mol. The first kappa shape index (κ1) is 7.10. The first-order chi connectivity index (χ1) is 5.86. The molecule has 2 heteroatoms. The molecule has 0 spiro atoms. The van der Waals surface area contributed by atoms with E-state index in [-0.39, 0.29) is 0 Å². The Morgan fingerprint density at radius 2 is 2.08 bits per heavy atom. The summed E-state index contributed by atoms with van der Waals surface area (Å²) in [5.74, 6) is 0. The van der Waals surface area contributed by atoms with Gasteiger partial charge in [-0.2, -0.15) is 0 Å². The van der Waals surface area contributed by atoms with E-state index in [0.717, 1.165) is 5.69 Å². The number of hydrogen-bond acceptors (Lipinski definition) is 1. The van der Waals surface area contributed by atoms with Crippen molar-refractivity contribution in [3.8, 4) is 0 Å². The van der Waals surface area contributed by atoms with Gasteiger partial charge in [-0.3, -0.25) is 0 Å². The minimum Gasteiger partial charge on any atom is -0.334 e. The van der Waals surface area contributed by atoms with Crippen LogP contribution in [-0.4, -0.2) is 9.55 Å². The molecule has 12 heavy (non-hydrogen) atoms. The molecule has 0 bridgehead atoms. The van der Waals surface area contributed by atoms with Gasteiger partial charge in [0, 0.05) is 7.05 Å². The van der Waals surface area contributed by atoms with E-state index in [2.05, 4.69) is 23.2 Å². The zero-order chi connectivity index (χ0) is 8.39. The maximum absolute atomic E-state index is 4.03. The molecule has 1 aromatic heterocycles. The van der Waals surface area contributed by atoms with Gasteiger partial charge in [0.05, 0.1) is 18.2 Å². The van der Waals surface area contributed by atoms with Crippen LogP contribution in [0.1, 0.15) is 5.69 Å². The van der Waals surface area contributed by atoms with Crippen LogP contribution in [0.25, 0.3) is 6.08 Å². The van der Waals surface area contributed by atoms with Gasteiger partial charge in [-0.1, -0.05) is 24.3 Å². The van der Waals surface area contributed by atoms with Gasteiger partial charge in [-0.05, 0) is 11.6 Å². The van der Waals surface area contributed by atoms with Crippen molar-refractivity contribution in [2.24, 2.45) is 7.05 Å². The number of allylic oxidation sites excluding steroid dienone is 5. The fourth-order valence-electron chi connectivity index (χ4n) is 1.16. The van der Waals surface area contributed by atoms with Crippen LogP contribution in [0.4, 0.5) is 0 Å². The fourth-order valence-corrected chi connectivity index (χ4v) is 1.16. The smallest absolute Gasteiger partial charge is 0.0948 e. The predicted octanol–water partition coefficient (Wildman–Crippen LogP) is 1.93. The lowest BCUT2D eigenvalue weighted by Gasteiger charge is -1.94. The summed E-state index contributed by atoms with van der Waals surface area (Å²) >= 11 is 0. The highest BCUT2D eigenvalue weighted by molar-refractivity contribution is 5.59. The lowest BCUT2D eigenvalue weighted by Crippen LogP contribution is -1.87. The number of hydrogen-bond donors (Lipinski definition) is 0. The van der Waals surface area contributed by atoms with Crippen molar-refractivity contribution < 1.29 is 0 Å². The van der Waals surface area contributed by atoms with Crippen LogP contribution >= 0.6 is 0 Å². The summed E-state index contributed by atoms with van der Waals surface area (Å²) in [6.07, 6.45) is 14.0. The summed E-state index contributed by atoms with van der Waals surface area (Å²) in [5, 5.41) is 0. The normalized spacial score (nSPS) is 14.2. The van der Waals surface area contributed by atoms with Crippen molar-refractivity contribution in [2.75, 3.05) is 0 Å². The first-order valence-electron chi connectivity index (χ1n) is 3.89. The molecule has 0 fully saturated rings. The van der Waals surface area contributed by atoms with Crippen LogP contribution < -0.4 is 0 Å². The third-order valence-electron chi connectivity index (χ3n) is 1.86. The van der Waals surface area contributed by atoms with Crippen molar-refractivity contribution in [3.63, 3.8) is 0 Å². The molecule has 1 aliphatic carbocycles. The van der Waals surface area contributed by atoms with Gasteiger partial charge in [-0.25, -0.2) is 4.98 Å². The first-order valence-corrected chi connectivity index (χ1v) is 3.89. The second kappa shape index (κ2) is 2.81. The van der Waals surface area contributed by atoms with Crippen molar-refractivity contribution >= 4 is 6.08 Å². The molecular formula is C10H10N2. The number of imidazole rings is 1. The highest BCUT2D eigenvalue weighted by Crippen LogP contribution is 2.11. The van der Waals surface area contributed by atoms with E-state index in [1.165, 1.54) is 5.57 Å². The van der Waals surface area contributed by atoms with Gasteiger partial charge in [0.2, 0.25) is 0 Å². The molecule has 0 atom stereocenters. The molecule has 0 saturated heterocycles. The molecule has 0 aliphatic heterocycles. The van der Waals surface area contributed by atoms with E-state index >= 15 is 0 Å². The Bertz CT molecular complexity index is 353. The Labute approximate surface area is 71.6 Å². The molecule has 1 heterocycles. The topological polar surface area (TPSA) is 17.8 Å². The summed E-state index contributed by atoms with van der Waals surface area (Å²) in [4.78, 5) is 4.03. The fraction of sp³-hybridized carbons (Fsp3) is 0.100. The Kier molecular flexibility index (Phi) is 1.67. The molecule has 0 aromatic carbocycles. The number of rotatable bonds is 1. The molecule has 0 amide bonds.